The van der Waals surface area contributed by atoms with Crippen LogP contribution in [0.1, 0.15) is 60.0 Å². The summed E-state index contributed by atoms with van der Waals surface area (Å²) < 4.78 is 5.45. The Morgan fingerprint density at radius 1 is 0.905 bits per heavy atom. The van der Waals surface area contributed by atoms with Crippen molar-refractivity contribution in [3.8, 4) is 22.4 Å². The van der Waals surface area contributed by atoms with Crippen molar-refractivity contribution in [2.75, 3.05) is 33.3 Å². The highest BCUT2D eigenvalue weighted by atomic mass is 35.5. The lowest BCUT2D eigenvalue weighted by Crippen LogP contribution is -2.40. The van der Waals surface area contributed by atoms with Gasteiger partial charge in [0.1, 0.15) is 5.69 Å². The fourth-order valence-electron chi connectivity index (χ4n) is 7.12. The van der Waals surface area contributed by atoms with Crippen LogP contribution in [0.15, 0.2) is 48.7 Å². The van der Waals surface area contributed by atoms with E-state index in [1.54, 1.807) is 7.11 Å². The van der Waals surface area contributed by atoms with Crippen molar-refractivity contribution >= 4 is 28.5 Å². The van der Waals surface area contributed by atoms with Gasteiger partial charge in [0.15, 0.2) is 5.65 Å². The number of likely N-dealkylation sites (tertiary alicyclic amines) is 2. The molecule has 2 aliphatic heterocycles. The monoisotopic (exact) mass is 583 g/mol. The van der Waals surface area contributed by atoms with Crippen molar-refractivity contribution in [3.05, 3.63) is 70.4 Å². The molecule has 1 N–H and O–H groups in total. The van der Waals surface area contributed by atoms with Gasteiger partial charge in [0, 0.05) is 49.0 Å². The number of benzene rings is 2. The van der Waals surface area contributed by atoms with Crippen LogP contribution in [-0.4, -0.2) is 76.3 Å². The van der Waals surface area contributed by atoms with Gasteiger partial charge in [-0.2, -0.15) is 5.10 Å². The van der Waals surface area contributed by atoms with E-state index in [-0.39, 0.29) is 12.0 Å². The lowest BCUT2D eigenvalue weighted by atomic mass is 9.96. The molecule has 0 unspecified atom stereocenters. The fourth-order valence-corrected chi connectivity index (χ4v) is 7.39. The molecular weight excluding hydrogens is 546 g/mol. The summed E-state index contributed by atoms with van der Waals surface area (Å²) in [5, 5.41) is 9.04. The van der Waals surface area contributed by atoms with Gasteiger partial charge in [-0.15, -0.1) is 0 Å². The standard InChI is InChI=1S/C34H38ClN5O2/c1-42-28-12-16-40(17-13-28)34(41)29-11-8-25(20-31(29)35)32-30-19-26(21-36-33(30)38-37-32)24-5-4-22-6-9-27(10-7-23(22)18-24)39-14-2-3-15-39/h4-5,8,11,18-21,27-28H,2-3,6-7,9-10,12-17H2,1H3,(H,36,37,38)/t27-/m0/s1. The van der Waals surface area contributed by atoms with Crippen LogP contribution in [-0.2, 0) is 17.6 Å². The van der Waals surface area contributed by atoms with Gasteiger partial charge in [-0.25, -0.2) is 4.98 Å². The molecule has 0 radical (unpaired) electrons. The third-order valence-electron chi connectivity index (χ3n) is 9.64. The number of aromatic amines is 1. The lowest BCUT2D eigenvalue weighted by Gasteiger charge is -2.31. The summed E-state index contributed by atoms with van der Waals surface area (Å²) in [7, 11) is 1.73. The maximum absolute atomic E-state index is 13.2. The minimum atomic E-state index is -0.0353. The summed E-state index contributed by atoms with van der Waals surface area (Å²) in [6.45, 7) is 3.89. The number of methoxy groups -OCH3 is 1. The van der Waals surface area contributed by atoms with Gasteiger partial charge in [-0.3, -0.25) is 9.89 Å². The second-order valence-corrected chi connectivity index (χ2v) is 12.5. The van der Waals surface area contributed by atoms with E-state index in [0.717, 1.165) is 53.5 Å². The van der Waals surface area contributed by atoms with E-state index in [4.69, 9.17) is 21.3 Å². The lowest BCUT2D eigenvalue weighted by molar-refractivity contribution is 0.0351. The fraction of sp³-hybridized carbons (Fsp3) is 0.441. The Hall–Kier alpha value is -3.26. The molecule has 0 spiro atoms. The molecule has 7 rings (SSSR count). The van der Waals surface area contributed by atoms with E-state index in [9.17, 15) is 4.79 Å². The molecule has 2 aromatic carbocycles. The Bertz CT molecular complexity index is 1600. The Morgan fingerprint density at radius 3 is 2.43 bits per heavy atom. The van der Waals surface area contributed by atoms with Gasteiger partial charge in [-0.1, -0.05) is 35.9 Å². The first-order valence-electron chi connectivity index (χ1n) is 15.4. The second kappa shape index (κ2) is 11.8. The van der Waals surface area contributed by atoms with E-state index < -0.39 is 0 Å². The van der Waals surface area contributed by atoms with Gasteiger partial charge in [0.05, 0.1) is 16.7 Å². The quantitative estimate of drug-likeness (QED) is 0.270. The van der Waals surface area contributed by atoms with Gasteiger partial charge in [-0.05, 0) is 99.3 Å². The number of hydrogen-bond donors (Lipinski definition) is 1. The molecule has 1 aliphatic carbocycles. The highest BCUT2D eigenvalue weighted by molar-refractivity contribution is 6.34. The number of amides is 1. The van der Waals surface area contributed by atoms with Crippen LogP contribution in [0.3, 0.4) is 0 Å². The second-order valence-electron chi connectivity index (χ2n) is 12.1. The number of carbonyl (C=O) groups excluding carboxylic acids is 1. The van der Waals surface area contributed by atoms with Crippen molar-refractivity contribution in [2.24, 2.45) is 0 Å². The van der Waals surface area contributed by atoms with Gasteiger partial charge < -0.3 is 14.5 Å². The molecule has 218 valence electrons. The molecule has 7 nitrogen and oxygen atoms in total. The summed E-state index contributed by atoms with van der Waals surface area (Å²) in [5.41, 5.74) is 8.11. The third kappa shape index (κ3) is 5.34. The van der Waals surface area contributed by atoms with E-state index >= 15 is 0 Å². The topological polar surface area (TPSA) is 74.3 Å². The number of aryl methyl sites for hydroxylation is 2. The van der Waals surface area contributed by atoms with E-state index in [1.165, 1.54) is 55.5 Å². The summed E-state index contributed by atoms with van der Waals surface area (Å²) in [6, 6.07) is 15.4. The number of halogens is 1. The molecule has 0 saturated carbocycles. The minimum Gasteiger partial charge on any atom is -0.381 e. The molecule has 1 atom stereocenters. The van der Waals surface area contributed by atoms with Crippen LogP contribution in [0, 0.1) is 0 Å². The molecule has 1 amide bonds. The Labute approximate surface area is 252 Å². The maximum Gasteiger partial charge on any atom is 0.255 e. The molecule has 4 aromatic rings. The zero-order chi connectivity index (χ0) is 28.6. The molecule has 8 heteroatoms. The largest absolute Gasteiger partial charge is 0.381 e. The van der Waals surface area contributed by atoms with Crippen molar-refractivity contribution in [1.29, 1.82) is 0 Å². The molecule has 0 bridgehead atoms. The zero-order valence-corrected chi connectivity index (χ0v) is 25.0. The normalized spacial score (nSPS) is 20.1. The predicted molar refractivity (Wildman–Crippen MR) is 167 cm³/mol. The van der Waals surface area contributed by atoms with Crippen molar-refractivity contribution in [1.82, 2.24) is 25.0 Å². The van der Waals surface area contributed by atoms with Gasteiger partial charge in [0.25, 0.3) is 5.91 Å². The SMILES string of the molecule is COC1CCN(C(=O)c2ccc(-c3n[nH]c4ncc(-c5ccc6c(c5)CC[C@@H](N5CCCC5)CC6)cc34)cc2Cl)CC1. The molecule has 2 fully saturated rings. The number of rotatable bonds is 5. The highest BCUT2D eigenvalue weighted by Crippen LogP contribution is 2.34. The van der Waals surface area contributed by atoms with E-state index in [1.807, 2.05) is 29.3 Å². The van der Waals surface area contributed by atoms with Crippen LogP contribution in [0.25, 0.3) is 33.4 Å². The number of nitrogens with zero attached hydrogens (tertiary/aromatic N) is 4. The molecule has 42 heavy (non-hydrogen) atoms. The minimum absolute atomic E-state index is 0.0353. The number of carbonyl (C=O) groups is 1. The first-order chi connectivity index (χ1) is 20.6. The number of ether oxygens (including phenoxy) is 1. The summed E-state index contributed by atoms with van der Waals surface area (Å²) in [4.78, 5) is 22.5. The van der Waals surface area contributed by atoms with Crippen molar-refractivity contribution in [2.45, 2.75) is 63.5 Å². The number of hydrogen-bond acceptors (Lipinski definition) is 5. The van der Waals surface area contributed by atoms with Crippen molar-refractivity contribution in [3.63, 3.8) is 0 Å². The van der Waals surface area contributed by atoms with Crippen LogP contribution in [0.4, 0.5) is 0 Å². The zero-order valence-electron chi connectivity index (χ0n) is 24.2. The Morgan fingerprint density at radius 2 is 1.67 bits per heavy atom. The average Bonchev–Trinajstić information content (AvgIpc) is 3.67. The van der Waals surface area contributed by atoms with Gasteiger partial charge in [0.2, 0.25) is 0 Å². The number of H-pyrrole nitrogens is 1. The highest BCUT2D eigenvalue weighted by Gasteiger charge is 2.26. The van der Waals surface area contributed by atoms with Crippen LogP contribution >= 0.6 is 11.6 Å². The first kappa shape index (κ1) is 27.6. The maximum atomic E-state index is 13.2. The summed E-state index contributed by atoms with van der Waals surface area (Å²) >= 11 is 6.70. The number of pyridine rings is 1. The average molecular weight is 584 g/mol. The van der Waals surface area contributed by atoms with E-state index in [0.29, 0.717) is 29.7 Å². The van der Waals surface area contributed by atoms with E-state index in [2.05, 4.69) is 39.4 Å². The molecule has 3 aliphatic rings. The molecule has 2 aromatic heterocycles. The number of nitrogens with one attached hydrogen (secondary N) is 1. The summed E-state index contributed by atoms with van der Waals surface area (Å²) in [6.07, 6.45) is 11.3. The summed E-state index contributed by atoms with van der Waals surface area (Å²) in [5.74, 6) is -0.0353. The molecular formula is C34H38ClN5O2. The number of piperidine rings is 1. The smallest absolute Gasteiger partial charge is 0.255 e. The molecule has 2 saturated heterocycles. The predicted octanol–water partition coefficient (Wildman–Crippen LogP) is 6.54. The van der Waals surface area contributed by atoms with Crippen molar-refractivity contribution < 1.29 is 9.53 Å². The number of fused-ring (bicyclic) bond motifs is 2. The Kier molecular flexibility index (Phi) is 7.74. The Balaban J connectivity index is 1.12. The third-order valence-corrected chi connectivity index (χ3v) is 9.96. The van der Waals surface area contributed by atoms with Crippen LogP contribution < -0.4 is 0 Å². The molecule has 4 heterocycles. The first-order valence-corrected chi connectivity index (χ1v) is 15.8. The van der Waals surface area contributed by atoms with Crippen LogP contribution in [0.2, 0.25) is 5.02 Å². The van der Waals surface area contributed by atoms with Crippen LogP contribution in [0.5, 0.6) is 0 Å². The number of aromatic nitrogens is 3. The van der Waals surface area contributed by atoms with Gasteiger partial charge >= 0.3 is 0 Å².